The van der Waals surface area contributed by atoms with Crippen LogP contribution in [0.25, 0.3) is 0 Å². The first kappa shape index (κ1) is 18.3. The number of aliphatic hydroxyl groups is 1. The topological polar surface area (TPSA) is 78.4 Å². The third-order valence-electron chi connectivity index (χ3n) is 4.85. The van der Waals surface area contributed by atoms with Gasteiger partial charge in [0.15, 0.2) is 5.82 Å². The van der Waals surface area contributed by atoms with Gasteiger partial charge in [-0.05, 0) is 36.6 Å². The van der Waals surface area contributed by atoms with Gasteiger partial charge >= 0.3 is 0 Å². The number of anilines is 1. The van der Waals surface area contributed by atoms with Crippen LogP contribution in [0, 0.1) is 6.92 Å². The van der Waals surface area contributed by atoms with E-state index < -0.39 is 0 Å². The molecule has 1 aromatic heterocycles. The Morgan fingerprint density at radius 1 is 1.27 bits per heavy atom. The Balaban J connectivity index is 1.50. The van der Waals surface area contributed by atoms with Gasteiger partial charge in [-0.25, -0.2) is 0 Å². The Labute approximate surface area is 154 Å². The highest BCUT2D eigenvalue weighted by molar-refractivity contribution is 5.79. The summed E-state index contributed by atoms with van der Waals surface area (Å²) in [6.07, 6.45) is 1.28. The standard InChI is InChI=1S/C20H26N4O2/c1-14(13-25)17-6-4-16(5-7-17)11-20(26)21-18-9-10-24(12-18)19-8-3-15(2)22-23-19/h3-8,14,18,25H,9-13H2,1-2H3,(H,21,26)/t14?,18-/m0/s1. The molecule has 0 aliphatic carbocycles. The first-order chi connectivity index (χ1) is 12.5. The molecule has 1 fully saturated rings. The molecule has 2 aromatic rings. The summed E-state index contributed by atoms with van der Waals surface area (Å²) in [6.45, 7) is 5.66. The minimum Gasteiger partial charge on any atom is -0.396 e. The molecule has 1 unspecified atom stereocenters. The Morgan fingerprint density at radius 2 is 2.04 bits per heavy atom. The lowest BCUT2D eigenvalue weighted by molar-refractivity contribution is -0.121. The third-order valence-corrected chi connectivity index (χ3v) is 4.85. The molecule has 26 heavy (non-hydrogen) atoms. The Bertz CT molecular complexity index is 730. The van der Waals surface area contributed by atoms with E-state index in [1.165, 1.54) is 0 Å². The maximum Gasteiger partial charge on any atom is 0.224 e. The van der Waals surface area contributed by atoms with Crippen molar-refractivity contribution in [3.05, 3.63) is 53.2 Å². The van der Waals surface area contributed by atoms with Gasteiger partial charge in [-0.1, -0.05) is 31.2 Å². The lowest BCUT2D eigenvalue weighted by Gasteiger charge is -2.17. The molecule has 1 saturated heterocycles. The summed E-state index contributed by atoms with van der Waals surface area (Å²) in [7, 11) is 0. The predicted molar refractivity (Wildman–Crippen MR) is 101 cm³/mol. The SMILES string of the molecule is Cc1ccc(N2CC[C@H](NC(=O)Cc3ccc(C(C)CO)cc3)C2)nn1. The van der Waals surface area contributed by atoms with Crippen molar-refractivity contribution in [2.45, 2.75) is 38.6 Å². The van der Waals surface area contributed by atoms with Gasteiger partial charge in [0, 0.05) is 31.7 Å². The van der Waals surface area contributed by atoms with Gasteiger partial charge in [-0.2, -0.15) is 5.10 Å². The van der Waals surface area contributed by atoms with Crippen molar-refractivity contribution < 1.29 is 9.90 Å². The van der Waals surface area contributed by atoms with E-state index in [2.05, 4.69) is 20.4 Å². The fourth-order valence-corrected chi connectivity index (χ4v) is 3.18. The fraction of sp³-hybridized carbons (Fsp3) is 0.450. The van der Waals surface area contributed by atoms with Gasteiger partial charge in [-0.3, -0.25) is 4.79 Å². The molecule has 138 valence electrons. The summed E-state index contributed by atoms with van der Waals surface area (Å²) in [4.78, 5) is 14.5. The second-order valence-corrected chi connectivity index (χ2v) is 7.03. The normalized spacial score (nSPS) is 18.0. The van der Waals surface area contributed by atoms with E-state index in [1.807, 2.05) is 50.2 Å². The molecule has 0 radical (unpaired) electrons. The van der Waals surface area contributed by atoms with Crippen LogP contribution < -0.4 is 10.2 Å². The lowest BCUT2D eigenvalue weighted by atomic mass is 10.00. The summed E-state index contributed by atoms with van der Waals surface area (Å²) in [5.74, 6) is 1.02. The predicted octanol–water partition coefficient (Wildman–Crippen LogP) is 1.82. The highest BCUT2D eigenvalue weighted by atomic mass is 16.3. The average Bonchev–Trinajstić information content (AvgIpc) is 3.10. The van der Waals surface area contributed by atoms with Gasteiger partial charge in [0.25, 0.3) is 0 Å². The van der Waals surface area contributed by atoms with Gasteiger partial charge in [0.2, 0.25) is 5.91 Å². The third kappa shape index (κ3) is 4.58. The van der Waals surface area contributed by atoms with Gasteiger partial charge < -0.3 is 15.3 Å². The molecular weight excluding hydrogens is 328 g/mol. The molecule has 0 saturated carbocycles. The highest BCUT2D eigenvalue weighted by Gasteiger charge is 2.25. The van der Waals surface area contributed by atoms with Crippen molar-refractivity contribution in [2.75, 3.05) is 24.6 Å². The summed E-state index contributed by atoms with van der Waals surface area (Å²) in [5.41, 5.74) is 2.97. The molecule has 1 aliphatic heterocycles. The minimum atomic E-state index is 0.0368. The van der Waals surface area contributed by atoms with E-state index in [0.717, 1.165) is 42.1 Å². The molecule has 1 amide bonds. The molecular formula is C20H26N4O2. The Hall–Kier alpha value is -2.47. The van der Waals surface area contributed by atoms with Crippen molar-refractivity contribution in [1.82, 2.24) is 15.5 Å². The van der Waals surface area contributed by atoms with Gasteiger partial charge in [0.05, 0.1) is 12.1 Å². The molecule has 1 aliphatic rings. The van der Waals surface area contributed by atoms with Crippen molar-refractivity contribution in [2.24, 2.45) is 0 Å². The Kier molecular flexibility index (Phi) is 5.83. The van der Waals surface area contributed by atoms with Crippen LogP contribution in [0.5, 0.6) is 0 Å². The zero-order chi connectivity index (χ0) is 18.5. The van der Waals surface area contributed by atoms with E-state index in [1.54, 1.807) is 0 Å². The highest BCUT2D eigenvalue weighted by Crippen LogP contribution is 2.18. The number of amides is 1. The van der Waals surface area contributed by atoms with Crippen LogP contribution in [-0.2, 0) is 11.2 Å². The number of nitrogens with zero attached hydrogens (tertiary/aromatic N) is 3. The van der Waals surface area contributed by atoms with E-state index >= 15 is 0 Å². The van der Waals surface area contributed by atoms with Crippen LogP contribution in [0.4, 0.5) is 5.82 Å². The number of aliphatic hydroxyl groups excluding tert-OH is 1. The first-order valence-corrected chi connectivity index (χ1v) is 9.09. The smallest absolute Gasteiger partial charge is 0.224 e. The summed E-state index contributed by atoms with van der Waals surface area (Å²) in [6, 6.07) is 12.0. The van der Waals surface area contributed by atoms with Crippen LogP contribution in [-0.4, -0.2) is 46.9 Å². The number of hydrogen-bond acceptors (Lipinski definition) is 5. The largest absolute Gasteiger partial charge is 0.396 e. The molecule has 6 nitrogen and oxygen atoms in total. The number of rotatable bonds is 6. The molecule has 2 atom stereocenters. The van der Waals surface area contributed by atoms with E-state index in [4.69, 9.17) is 0 Å². The fourth-order valence-electron chi connectivity index (χ4n) is 3.18. The van der Waals surface area contributed by atoms with Crippen LogP contribution in [0.1, 0.15) is 36.1 Å². The summed E-state index contributed by atoms with van der Waals surface area (Å²) < 4.78 is 0. The van der Waals surface area contributed by atoms with Crippen LogP contribution in [0.2, 0.25) is 0 Å². The zero-order valence-electron chi connectivity index (χ0n) is 15.4. The number of carbonyl (C=O) groups is 1. The number of carbonyl (C=O) groups excluding carboxylic acids is 1. The van der Waals surface area contributed by atoms with E-state index in [0.29, 0.717) is 6.42 Å². The lowest BCUT2D eigenvalue weighted by Crippen LogP contribution is -2.38. The van der Waals surface area contributed by atoms with Gasteiger partial charge in [0.1, 0.15) is 0 Å². The van der Waals surface area contributed by atoms with E-state index in [-0.39, 0.29) is 24.5 Å². The van der Waals surface area contributed by atoms with E-state index in [9.17, 15) is 9.90 Å². The van der Waals surface area contributed by atoms with Gasteiger partial charge in [-0.15, -0.1) is 5.10 Å². The zero-order valence-corrected chi connectivity index (χ0v) is 15.4. The average molecular weight is 354 g/mol. The number of hydrogen-bond donors (Lipinski definition) is 2. The van der Waals surface area contributed by atoms with Crippen LogP contribution in [0.3, 0.4) is 0 Å². The number of aromatic nitrogens is 2. The van der Waals surface area contributed by atoms with Crippen LogP contribution >= 0.6 is 0 Å². The van der Waals surface area contributed by atoms with Crippen molar-refractivity contribution in [1.29, 1.82) is 0 Å². The second-order valence-electron chi connectivity index (χ2n) is 7.03. The van der Waals surface area contributed by atoms with Crippen molar-refractivity contribution >= 4 is 11.7 Å². The molecule has 2 heterocycles. The molecule has 3 rings (SSSR count). The van der Waals surface area contributed by atoms with Crippen molar-refractivity contribution in [3.63, 3.8) is 0 Å². The molecule has 0 bridgehead atoms. The molecule has 2 N–H and O–H groups in total. The maximum atomic E-state index is 12.3. The maximum absolute atomic E-state index is 12.3. The summed E-state index contributed by atoms with van der Waals surface area (Å²) in [5, 5.41) is 20.6. The molecule has 1 aromatic carbocycles. The Morgan fingerprint density at radius 3 is 2.69 bits per heavy atom. The number of aryl methyl sites for hydroxylation is 1. The monoisotopic (exact) mass is 354 g/mol. The second kappa shape index (κ2) is 8.27. The quantitative estimate of drug-likeness (QED) is 0.827. The molecule has 6 heteroatoms. The summed E-state index contributed by atoms with van der Waals surface area (Å²) >= 11 is 0. The van der Waals surface area contributed by atoms with Crippen molar-refractivity contribution in [3.8, 4) is 0 Å². The van der Waals surface area contributed by atoms with Crippen LogP contribution in [0.15, 0.2) is 36.4 Å². The number of nitrogens with one attached hydrogen (secondary N) is 1. The molecule has 0 spiro atoms. The number of benzene rings is 1. The first-order valence-electron chi connectivity index (χ1n) is 9.09. The minimum absolute atomic E-state index is 0.0368.